The summed E-state index contributed by atoms with van der Waals surface area (Å²) < 4.78 is 22.9. The predicted molar refractivity (Wildman–Crippen MR) is 85.2 cm³/mol. The largest absolute Gasteiger partial charge is 0.330 e. The van der Waals surface area contributed by atoms with E-state index in [-0.39, 0.29) is 10.8 Å². The third-order valence-electron chi connectivity index (χ3n) is 3.09. The second-order valence-corrected chi connectivity index (χ2v) is 8.36. The molecule has 0 aromatic heterocycles. The van der Waals surface area contributed by atoms with Gasteiger partial charge in [-0.25, -0.2) is 8.42 Å². The molecule has 0 saturated heterocycles. The monoisotopic (exact) mass is 329 g/mol. The van der Waals surface area contributed by atoms with E-state index in [0.717, 1.165) is 0 Å². The van der Waals surface area contributed by atoms with E-state index in [0.29, 0.717) is 17.7 Å². The van der Waals surface area contributed by atoms with Crippen LogP contribution in [0.1, 0.15) is 36.7 Å². The number of halogens is 1. The molecule has 0 spiro atoms. The van der Waals surface area contributed by atoms with Gasteiger partial charge in [0, 0.05) is 28.3 Å². The zero-order valence-corrected chi connectivity index (χ0v) is 14.3. The number of carbonyl (C=O) groups is 1. The molecule has 0 aliphatic rings. The fourth-order valence-corrected chi connectivity index (χ4v) is 2.70. The highest BCUT2D eigenvalue weighted by Crippen LogP contribution is 2.23. The van der Waals surface area contributed by atoms with E-state index in [1.807, 2.05) is 20.8 Å². The van der Waals surface area contributed by atoms with E-state index in [1.165, 1.54) is 12.1 Å². The number of hydrogen-bond acceptors (Lipinski definition) is 3. The van der Waals surface area contributed by atoms with Gasteiger partial charge in [0.15, 0.2) is 0 Å². The molecule has 0 saturated carbocycles. The van der Waals surface area contributed by atoms with Crippen molar-refractivity contribution in [3.05, 3.63) is 42.0 Å². The second-order valence-electron chi connectivity index (χ2n) is 5.79. The Bertz CT molecular complexity index is 660. The Morgan fingerprint density at radius 3 is 2.38 bits per heavy atom. The number of benzene rings is 1. The molecule has 0 atom stereocenters. The van der Waals surface area contributed by atoms with Crippen LogP contribution in [0.25, 0.3) is 0 Å². The number of carbonyl (C=O) groups excluding carboxylic acids is 1. The average Bonchev–Trinajstić information content (AvgIpc) is 2.33. The van der Waals surface area contributed by atoms with E-state index in [4.69, 9.17) is 10.7 Å². The summed E-state index contributed by atoms with van der Waals surface area (Å²) in [6.07, 6.45) is 1.64. The summed E-state index contributed by atoms with van der Waals surface area (Å²) >= 11 is 0. The van der Waals surface area contributed by atoms with Crippen LogP contribution in [0.2, 0.25) is 0 Å². The van der Waals surface area contributed by atoms with Crippen molar-refractivity contribution in [3.8, 4) is 0 Å². The normalized spacial score (nSPS) is 12.0. The van der Waals surface area contributed by atoms with Crippen molar-refractivity contribution in [3.63, 3.8) is 0 Å². The zero-order chi connectivity index (χ0) is 16.4. The third kappa shape index (κ3) is 4.32. The molecule has 4 nitrogen and oxygen atoms in total. The van der Waals surface area contributed by atoms with Crippen LogP contribution in [0.5, 0.6) is 0 Å². The average molecular weight is 330 g/mol. The number of hydrogen-bond donors (Lipinski definition) is 0. The van der Waals surface area contributed by atoms with E-state index >= 15 is 0 Å². The smallest absolute Gasteiger partial charge is 0.261 e. The summed E-state index contributed by atoms with van der Waals surface area (Å²) in [4.78, 5) is 14.3. The lowest BCUT2D eigenvalue weighted by Gasteiger charge is -2.35. The molecule has 1 rings (SSSR count). The molecule has 0 unspecified atom stereocenters. The lowest BCUT2D eigenvalue weighted by Crippen LogP contribution is -2.45. The predicted octanol–water partition coefficient (Wildman–Crippen LogP) is 3.35. The first-order valence-corrected chi connectivity index (χ1v) is 8.77. The van der Waals surface area contributed by atoms with Gasteiger partial charge in [-0.2, -0.15) is 0 Å². The van der Waals surface area contributed by atoms with Crippen molar-refractivity contribution in [1.82, 2.24) is 4.90 Å². The lowest BCUT2D eigenvalue weighted by atomic mass is 10.0. The van der Waals surface area contributed by atoms with Crippen LogP contribution in [0.4, 0.5) is 0 Å². The minimum absolute atomic E-state index is 0.0782. The molecule has 1 amide bonds. The maximum Gasteiger partial charge on any atom is 0.261 e. The van der Waals surface area contributed by atoms with Gasteiger partial charge in [0.2, 0.25) is 0 Å². The molecule has 0 bridgehead atoms. The molecule has 6 heteroatoms. The maximum absolute atomic E-state index is 12.7. The van der Waals surface area contributed by atoms with Gasteiger partial charge in [-0.05, 0) is 45.4 Å². The van der Waals surface area contributed by atoms with Crippen LogP contribution < -0.4 is 0 Å². The minimum Gasteiger partial charge on any atom is -0.330 e. The van der Waals surface area contributed by atoms with Crippen LogP contribution >= 0.6 is 10.7 Å². The quantitative estimate of drug-likeness (QED) is 0.628. The van der Waals surface area contributed by atoms with E-state index < -0.39 is 14.6 Å². The van der Waals surface area contributed by atoms with Gasteiger partial charge in [0.1, 0.15) is 0 Å². The first kappa shape index (κ1) is 17.7. The van der Waals surface area contributed by atoms with Gasteiger partial charge in [-0.3, -0.25) is 4.79 Å². The Kier molecular flexibility index (Phi) is 5.23. The van der Waals surface area contributed by atoms with E-state index in [9.17, 15) is 13.2 Å². The van der Waals surface area contributed by atoms with Gasteiger partial charge in [0.25, 0.3) is 15.0 Å². The molecule has 0 aliphatic carbocycles. The fourth-order valence-electron chi connectivity index (χ4n) is 1.92. The van der Waals surface area contributed by atoms with Crippen molar-refractivity contribution >= 4 is 25.6 Å². The lowest BCUT2D eigenvalue weighted by molar-refractivity contribution is 0.0615. The first-order valence-electron chi connectivity index (χ1n) is 6.46. The summed E-state index contributed by atoms with van der Waals surface area (Å²) in [7, 11) is 1.48. The molecule has 0 radical (unpaired) electrons. The number of aryl methyl sites for hydroxylation is 1. The van der Waals surface area contributed by atoms with Crippen molar-refractivity contribution in [2.24, 2.45) is 0 Å². The second kappa shape index (κ2) is 6.20. The Balaban J connectivity index is 3.37. The third-order valence-corrected chi connectivity index (χ3v) is 4.44. The highest BCUT2D eigenvalue weighted by atomic mass is 35.7. The summed E-state index contributed by atoms with van der Waals surface area (Å²) in [6, 6.07) is 4.29. The van der Waals surface area contributed by atoms with E-state index in [2.05, 4.69) is 6.58 Å². The molecular weight excluding hydrogens is 310 g/mol. The van der Waals surface area contributed by atoms with Gasteiger partial charge in [-0.15, -0.1) is 6.58 Å². The van der Waals surface area contributed by atoms with Gasteiger partial charge < -0.3 is 4.90 Å². The van der Waals surface area contributed by atoms with Crippen LogP contribution in [-0.4, -0.2) is 31.3 Å². The Morgan fingerprint density at radius 2 is 1.95 bits per heavy atom. The Hall–Kier alpha value is -1.33. The number of amides is 1. The highest BCUT2D eigenvalue weighted by molar-refractivity contribution is 8.13. The van der Waals surface area contributed by atoms with Crippen LogP contribution in [0.3, 0.4) is 0 Å². The molecule has 0 aliphatic heterocycles. The standard InChI is InChI=1S/C15H20ClNO3S/c1-6-9-17(15(3,4)5)14(18)13-10-12(21(16,19)20)8-7-11(13)2/h6-8,10H,1,9H2,2-5H3. The molecule has 0 N–H and O–H groups in total. The topological polar surface area (TPSA) is 54.5 Å². The molecule has 21 heavy (non-hydrogen) atoms. The number of nitrogens with zero attached hydrogens (tertiary/aromatic N) is 1. The molecular formula is C15H20ClNO3S. The Labute approximate surface area is 130 Å². The first-order chi connectivity index (χ1) is 9.48. The van der Waals surface area contributed by atoms with E-state index in [1.54, 1.807) is 24.0 Å². The van der Waals surface area contributed by atoms with Crippen molar-refractivity contribution in [1.29, 1.82) is 0 Å². The summed E-state index contributed by atoms with van der Waals surface area (Å²) in [5, 5.41) is 0. The molecule has 116 valence electrons. The van der Waals surface area contributed by atoms with Crippen LogP contribution in [0, 0.1) is 6.92 Å². The highest BCUT2D eigenvalue weighted by Gasteiger charge is 2.28. The van der Waals surface area contributed by atoms with Crippen LogP contribution in [0.15, 0.2) is 35.7 Å². The van der Waals surface area contributed by atoms with Gasteiger partial charge in [0.05, 0.1) is 4.90 Å². The summed E-state index contributed by atoms with van der Waals surface area (Å²) in [6.45, 7) is 11.5. The minimum atomic E-state index is -3.87. The SMILES string of the molecule is C=CCN(C(=O)c1cc(S(=O)(=O)Cl)ccc1C)C(C)(C)C. The van der Waals surface area contributed by atoms with Crippen molar-refractivity contribution in [2.45, 2.75) is 38.1 Å². The maximum atomic E-state index is 12.7. The molecule has 1 aromatic rings. The fraction of sp³-hybridized carbons (Fsp3) is 0.400. The molecule has 1 aromatic carbocycles. The number of rotatable bonds is 4. The molecule has 0 heterocycles. The van der Waals surface area contributed by atoms with Crippen molar-refractivity contribution in [2.75, 3.05) is 6.54 Å². The van der Waals surface area contributed by atoms with Gasteiger partial charge in [-0.1, -0.05) is 12.1 Å². The van der Waals surface area contributed by atoms with Gasteiger partial charge >= 0.3 is 0 Å². The van der Waals surface area contributed by atoms with Crippen molar-refractivity contribution < 1.29 is 13.2 Å². The zero-order valence-electron chi connectivity index (χ0n) is 12.7. The Morgan fingerprint density at radius 1 is 1.38 bits per heavy atom. The summed E-state index contributed by atoms with van der Waals surface area (Å²) in [5.74, 6) is -0.248. The molecule has 0 fully saturated rings. The van der Waals surface area contributed by atoms with Crippen LogP contribution in [-0.2, 0) is 9.05 Å². The summed E-state index contributed by atoms with van der Waals surface area (Å²) in [5.41, 5.74) is 0.615.